The standard InChI is InChI=1S/C16H24N2O/c1-12-8-10-13(11-9-12)16(2,15(17)19)18-14-6-4-3-5-7-14/h8-11,14,18H,3-7H2,1-2H3,(H2,17,19). The molecule has 1 aromatic carbocycles. The van der Waals surface area contributed by atoms with Crippen LogP contribution in [0.15, 0.2) is 24.3 Å². The molecule has 0 radical (unpaired) electrons. The topological polar surface area (TPSA) is 55.1 Å². The van der Waals surface area contributed by atoms with E-state index >= 15 is 0 Å². The molecule has 0 heterocycles. The van der Waals surface area contributed by atoms with E-state index < -0.39 is 5.54 Å². The highest BCUT2D eigenvalue weighted by Gasteiger charge is 2.35. The number of aryl methyl sites for hydroxylation is 1. The van der Waals surface area contributed by atoms with Gasteiger partial charge in [-0.05, 0) is 32.3 Å². The van der Waals surface area contributed by atoms with Gasteiger partial charge in [0.1, 0.15) is 5.54 Å². The number of amides is 1. The van der Waals surface area contributed by atoms with Crippen LogP contribution in [0.5, 0.6) is 0 Å². The second-order valence-corrected chi connectivity index (χ2v) is 5.83. The Labute approximate surface area is 115 Å². The van der Waals surface area contributed by atoms with Gasteiger partial charge >= 0.3 is 0 Å². The van der Waals surface area contributed by atoms with Crippen molar-refractivity contribution in [2.75, 3.05) is 0 Å². The van der Waals surface area contributed by atoms with E-state index in [0.29, 0.717) is 6.04 Å². The Kier molecular flexibility index (Phi) is 4.25. The van der Waals surface area contributed by atoms with Crippen molar-refractivity contribution in [1.82, 2.24) is 5.32 Å². The van der Waals surface area contributed by atoms with Gasteiger partial charge in [-0.2, -0.15) is 0 Å². The second-order valence-electron chi connectivity index (χ2n) is 5.83. The lowest BCUT2D eigenvalue weighted by atomic mass is 9.87. The number of carbonyl (C=O) groups is 1. The van der Waals surface area contributed by atoms with Crippen molar-refractivity contribution in [3.63, 3.8) is 0 Å². The molecule has 3 nitrogen and oxygen atoms in total. The third kappa shape index (κ3) is 3.16. The maximum absolute atomic E-state index is 11.9. The van der Waals surface area contributed by atoms with Crippen molar-refractivity contribution in [3.05, 3.63) is 35.4 Å². The molecular weight excluding hydrogens is 236 g/mol. The zero-order valence-electron chi connectivity index (χ0n) is 11.9. The van der Waals surface area contributed by atoms with Crippen LogP contribution in [0, 0.1) is 6.92 Å². The highest BCUT2D eigenvalue weighted by atomic mass is 16.1. The number of nitrogens with two attached hydrogens (primary N) is 1. The van der Waals surface area contributed by atoms with Crippen LogP contribution in [0.25, 0.3) is 0 Å². The monoisotopic (exact) mass is 260 g/mol. The summed E-state index contributed by atoms with van der Waals surface area (Å²) in [5.41, 5.74) is 7.03. The minimum atomic E-state index is -0.768. The fourth-order valence-electron chi connectivity index (χ4n) is 2.84. The molecule has 1 aliphatic carbocycles. The summed E-state index contributed by atoms with van der Waals surface area (Å²) in [5.74, 6) is -0.304. The summed E-state index contributed by atoms with van der Waals surface area (Å²) >= 11 is 0. The smallest absolute Gasteiger partial charge is 0.242 e. The molecular formula is C16H24N2O. The molecule has 1 amide bonds. The average Bonchev–Trinajstić information content (AvgIpc) is 2.40. The van der Waals surface area contributed by atoms with E-state index in [-0.39, 0.29) is 5.91 Å². The Balaban J connectivity index is 2.21. The first-order valence-electron chi connectivity index (χ1n) is 7.17. The van der Waals surface area contributed by atoms with Crippen LogP contribution in [0.2, 0.25) is 0 Å². The third-order valence-corrected chi connectivity index (χ3v) is 4.22. The Bertz CT molecular complexity index is 435. The van der Waals surface area contributed by atoms with Gasteiger partial charge in [0.05, 0.1) is 0 Å². The fraction of sp³-hybridized carbons (Fsp3) is 0.562. The molecule has 1 unspecified atom stereocenters. The molecule has 104 valence electrons. The van der Waals surface area contributed by atoms with Gasteiger partial charge in [0.2, 0.25) is 5.91 Å². The largest absolute Gasteiger partial charge is 0.368 e. The molecule has 2 rings (SSSR count). The van der Waals surface area contributed by atoms with Crippen LogP contribution in [0.1, 0.15) is 50.2 Å². The second kappa shape index (κ2) is 5.74. The lowest BCUT2D eigenvalue weighted by molar-refractivity contribution is -0.124. The molecule has 1 aromatic rings. The zero-order chi connectivity index (χ0) is 13.9. The molecule has 3 N–H and O–H groups in total. The predicted molar refractivity (Wildman–Crippen MR) is 77.7 cm³/mol. The van der Waals surface area contributed by atoms with E-state index in [1.54, 1.807) is 0 Å². The first kappa shape index (κ1) is 14.1. The van der Waals surface area contributed by atoms with Gasteiger partial charge in [-0.1, -0.05) is 49.1 Å². The molecule has 3 heteroatoms. The normalized spacial score (nSPS) is 19.9. The van der Waals surface area contributed by atoms with Crippen LogP contribution in [0.3, 0.4) is 0 Å². The van der Waals surface area contributed by atoms with Gasteiger partial charge in [-0.15, -0.1) is 0 Å². The van der Waals surface area contributed by atoms with Crippen molar-refractivity contribution in [2.45, 2.75) is 57.5 Å². The number of carbonyl (C=O) groups excluding carboxylic acids is 1. The SMILES string of the molecule is Cc1ccc(C(C)(NC2CCCCC2)C(N)=O)cc1. The van der Waals surface area contributed by atoms with Gasteiger partial charge in [0.25, 0.3) is 0 Å². The summed E-state index contributed by atoms with van der Waals surface area (Å²) in [5, 5.41) is 3.49. The van der Waals surface area contributed by atoms with Crippen molar-refractivity contribution in [2.24, 2.45) is 5.73 Å². The fourth-order valence-corrected chi connectivity index (χ4v) is 2.84. The van der Waals surface area contributed by atoms with E-state index in [1.807, 2.05) is 38.1 Å². The average molecular weight is 260 g/mol. The number of hydrogen-bond donors (Lipinski definition) is 2. The summed E-state index contributed by atoms with van der Waals surface area (Å²) in [7, 11) is 0. The Morgan fingerprint density at radius 1 is 1.21 bits per heavy atom. The first-order valence-corrected chi connectivity index (χ1v) is 7.17. The highest BCUT2D eigenvalue weighted by molar-refractivity contribution is 5.85. The quantitative estimate of drug-likeness (QED) is 0.874. The number of benzene rings is 1. The van der Waals surface area contributed by atoms with Gasteiger partial charge in [-0.25, -0.2) is 0 Å². The van der Waals surface area contributed by atoms with Crippen molar-refractivity contribution in [1.29, 1.82) is 0 Å². The number of hydrogen-bond acceptors (Lipinski definition) is 2. The molecule has 0 spiro atoms. The number of primary amides is 1. The van der Waals surface area contributed by atoms with Gasteiger partial charge < -0.3 is 5.73 Å². The number of nitrogens with one attached hydrogen (secondary N) is 1. The van der Waals surface area contributed by atoms with Crippen LogP contribution in [-0.2, 0) is 10.3 Å². The van der Waals surface area contributed by atoms with Crippen LogP contribution in [0.4, 0.5) is 0 Å². The summed E-state index contributed by atoms with van der Waals surface area (Å²) < 4.78 is 0. The van der Waals surface area contributed by atoms with Crippen LogP contribution < -0.4 is 11.1 Å². The van der Waals surface area contributed by atoms with E-state index in [1.165, 1.54) is 24.8 Å². The highest BCUT2D eigenvalue weighted by Crippen LogP contribution is 2.26. The summed E-state index contributed by atoms with van der Waals surface area (Å²) in [6.07, 6.45) is 6.04. The molecule has 1 fully saturated rings. The van der Waals surface area contributed by atoms with E-state index in [0.717, 1.165) is 18.4 Å². The summed E-state index contributed by atoms with van der Waals surface area (Å²) in [6.45, 7) is 3.94. The van der Waals surface area contributed by atoms with Crippen molar-refractivity contribution < 1.29 is 4.79 Å². The molecule has 0 bridgehead atoms. The van der Waals surface area contributed by atoms with Crippen LogP contribution in [-0.4, -0.2) is 11.9 Å². The third-order valence-electron chi connectivity index (χ3n) is 4.22. The Morgan fingerprint density at radius 3 is 2.32 bits per heavy atom. The Morgan fingerprint density at radius 2 is 1.79 bits per heavy atom. The van der Waals surface area contributed by atoms with Gasteiger partial charge in [0, 0.05) is 6.04 Å². The lowest BCUT2D eigenvalue weighted by Crippen LogP contribution is -2.54. The Hall–Kier alpha value is -1.35. The maximum Gasteiger partial charge on any atom is 0.242 e. The van der Waals surface area contributed by atoms with Crippen molar-refractivity contribution >= 4 is 5.91 Å². The molecule has 19 heavy (non-hydrogen) atoms. The molecule has 0 aliphatic heterocycles. The van der Waals surface area contributed by atoms with E-state index in [4.69, 9.17) is 5.73 Å². The van der Waals surface area contributed by atoms with Gasteiger partial charge in [-0.3, -0.25) is 10.1 Å². The summed E-state index contributed by atoms with van der Waals surface area (Å²) in [6, 6.07) is 8.44. The van der Waals surface area contributed by atoms with Gasteiger partial charge in [0.15, 0.2) is 0 Å². The predicted octanol–water partition coefficient (Wildman–Crippen LogP) is 2.62. The molecule has 1 saturated carbocycles. The first-order chi connectivity index (χ1) is 9.02. The molecule has 1 atom stereocenters. The molecule has 0 saturated heterocycles. The molecule has 0 aromatic heterocycles. The minimum absolute atomic E-state index is 0.304. The summed E-state index contributed by atoms with van der Waals surface area (Å²) in [4.78, 5) is 11.9. The lowest BCUT2D eigenvalue weighted by Gasteiger charge is -2.34. The van der Waals surface area contributed by atoms with Crippen molar-refractivity contribution in [3.8, 4) is 0 Å². The maximum atomic E-state index is 11.9. The van der Waals surface area contributed by atoms with Crippen LogP contribution >= 0.6 is 0 Å². The molecule has 1 aliphatic rings. The minimum Gasteiger partial charge on any atom is -0.368 e. The number of rotatable bonds is 4. The van der Waals surface area contributed by atoms with E-state index in [9.17, 15) is 4.79 Å². The zero-order valence-corrected chi connectivity index (χ0v) is 11.9. The van der Waals surface area contributed by atoms with E-state index in [2.05, 4.69) is 5.32 Å².